The van der Waals surface area contributed by atoms with E-state index in [1.807, 2.05) is 24.3 Å². The van der Waals surface area contributed by atoms with Crippen molar-refractivity contribution in [2.75, 3.05) is 0 Å². The molecule has 12 atom stereocenters. The molecule has 0 saturated heterocycles. The third-order valence-electron chi connectivity index (χ3n) is 18.5. The van der Waals surface area contributed by atoms with Crippen LogP contribution < -0.4 is 20.4 Å². The summed E-state index contributed by atoms with van der Waals surface area (Å²) in [6.07, 6.45) is 22.4. The predicted molar refractivity (Wildman–Crippen MR) is 258 cm³/mol. The monoisotopic (exact) mass is 980 g/mol. The van der Waals surface area contributed by atoms with Crippen molar-refractivity contribution >= 4 is 47.1 Å². The normalized spacial score (nSPS) is 36.5. The van der Waals surface area contributed by atoms with Gasteiger partial charge in [-0.1, -0.05) is 137 Å². The van der Waals surface area contributed by atoms with Gasteiger partial charge in [0, 0.05) is 12.8 Å². The molecule has 6 saturated carbocycles. The third kappa shape index (κ3) is 11.4. The van der Waals surface area contributed by atoms with Crippen LogP contribution in [-0.2, 0) is 40.9 Å². The van der Waals surface area contributed by atoms with Crippen LogP contribution in [0.5, 0.6) is 0 Å². The number of carbonyl (C=O) groups is 4. The van der Waals surface area contributed by atoms with Crippen LogP contribution in [0.1, 0.15) is 155 Å². The number of carbonyl (C=O) groups excluding carboxylic acids is 4. The predicted octanol–water partition coefficient (Wildman–Crippen LogP) is 8.87. The molecular weight excluding hydrogens is 908 g/mol. The molecule has 2 aromatic carbocycles. The summed E-state index contributed by atoms with van der Waals surface area (Å²) in [5.74, 6) is 3.96. The molecule has 8 aliphatic rings. The largest absolute Gasteiger partial charge is 4.00 e. The van der Waals surface area contributed by atoms with Crippen molar-refractivity contribution in [3.63, 3.8) is 0 Å². The molecule has 8 aliphatic carbocycles. The summed E-state index contributed by atoms with van der Waals surface area (Å²) in [5.41, 5.74) is 4.58. The molecule has 0 bridgehead atoms. The number of rotatable bonds is 4. The Morgan fingerprint density at radius 3 is 1.21 bits per heavy atom. The Morgan fingerprint density at radius 2 is 0.868 bits per heavy atom. The number of fused-ring (bicyclic) bond motifs is 10. The molecule has 0 amide bonds. The molecule has 4 unspecified atom stereocenters. The van der Waals surface area contributed by atoms with E-state index in [4.69, 9.17) is 0 Å². The van der Waals surface area contributed by atoms with E-state index in [0.29, 0.717) is 46.4 Å². The smallest absolute Gasteiger partial charge is 0.872 e. The van der Waals surface area contributed by atoms with Crippen molar-refractivity contribution in [2.45, 2.75) is 156 Å². The number of hydrogen-bond donors (Lipinski definition) is 0. The van der Waals surface area contributed by atoms with E-state index in [0.717, 1.165) is 101 Å². The molecular formula is C58H73ClO8Ti. The van der Waals surface area contributed by atoms with Gasteiger partial charge in [-0.25, -0.2) is 0 Å². The van der Waals surface area contributed by atoms with Crippen LogP contribution in [0.4, 0.5) is 0 Å². The van der Waals surface area contributed by atoms with Gasteiger partial charge in [0.1, 0.15) is 0 Å². The standard InChI is InChI=1S/2C19H27O2.2C10H10O2.ClH.Ti/c2*1-18-9-7-13(20)11-12(18)3-4-14-15-5-6-17(21)19(15,2)10-8-16(14)18;2*1-8(11)7-10(12)9-5-3-2-4-6-9;;/h2*11,14-17H,3-10H2,1-2H3;2*2-7,12H,1H3;1H;/q2*-1;;;;+4/p-2/b;;2*10-7-;;/t2*14-,15?,16?,17-,18-,19-;;;;/m00..../s1. The van der Waals surface area contributed by atoms with Gasteiger partial charge in [-0.15, -0.1) is 24.6 Å². The zero-order valence-corrected chi connectivity index (χ0v) is 43.6. The number of halogens is 1. The molecule has 0 aromatic heterocycles. The minimum absolute atomic E-state index is 0. The van der Waals surface area contributed by atoms with Gasteiger partial charge in [0.2, 0.25) is 0 Å². The van der Waals surface area contributed by atoms with Gasteiger partial charge in [0.15, 0.2) is 23.1 Å². The zero-order valence-electron chi connectivity index (χ0n) is 41.2. The summed E-state index contributed by atoms with van der Waals surface area (Å²) in [7, 11) is 0. The molecule has 10 rings (SSSR count). The van der Waals surface area contributed by atoms with Crippen LogP contribution in [0.25, 0.3) is 11.5 Å². The van der Waals surface area contributed by atoms with Crippen LogP contribution in [0, 0.1) is 57.2 Å². The number of allylic oxidation sites excluding steroid dienone is 4. The van der Waals surface area contributed by atoms with Gasteiger partial charge < -0.3 is 20.4 Å². The van der Waals surface area contributed by atoms with E-state index < -0.39 is 0 Å². The fraction of sp³-hybridized carbons (Fsp3) is 0.586. The molecule has 0 radical (unpaired) electrons. The van der Waals surface area contributed by atoms with E-state index in [1.54, 1.807) is 48.5 Å². The first kappa shape index (κ1) is 55.5. The van der Waals surface area contributed by atoms with Crippen LogP contribution in [0.3, 0.4) is 0 Å². The number of ketones is 4. The second-order valence-electron chi connectivity index (χ2n) is 22.1. The maximum atomic E-state index is 12.4. The Hall–Kier alpha value is -3.40. The Kier molecular flexibility index (Phi) is 18.6. The van der Waals surface area contributed by atoms with E-state index in [1.165, 1.54) is 50.7 Å². The second-order valence-corrected chi connectivity index (χ2v) is 22.1. The van der Waals surface area contributed by atoms with Gasteiger partial charge in [-0.2, -0.15) is 0 Å². The molecule has 68 heavy (non-hydrogen) atoms. The van der Waals surface area contributed by atoms with E-state index >= 15 is 0 Å². The number of benzene rings is 2. The molecule has 0 heterocycles. The van der Waals surface area contributed by atoms with Crippen LogP contribution in [0.15, 0.2) is 96.1 Å². The van der Waals surface area contributed by atoms with Crippen molar-refractivity contribution < 1.29 is 61.3 Å². The van der Waals surface area contributed by atoms with E-state index in [-0.39, 0.29) is 91.1 Å². The number of hydrogen-bond acceptors (Lipinski definition) is 8. The molecule has 0 N–H and O–H groups in total. The Bertz CT molecular complexity index is 2090. The fourth-order valence-corrected chi connectivity index (χ4v) is 14.8. The summed E-state index contributed by atoms with van der Waals surface area (Å²) < 4.78 is 0. The van der Waals surface area contributed by atoms with E-state index in [2.05, 4.69) is 27.7 Å². The average Bonchev–Trinajstić information content (AvgIpc) is 3.78. The maximum absolute atomic E-state index is 12.4. The van der Waals surface area contributed by atoms with Crippen molar-refractivity contribution in [3.8, 4) is 0 Å². The first-order chi connectivity index (χ1) is 31.3. The molecule has 364 valence electrons. The van der Waals surface area contributed by atoms with Gasteiger partial charge in [0.05, 0.1) is 0 Å². The zero-order chi connectivity index (χ0) is 47.6. The molecule has 0 aliphatic heterocycles. The molecule has 6 fully saturated rings. The third-order valence-corrected chi connectivity index (χ3v) is 18.5. The summed E-state index contributed by atoms with van der Waals surface area (Å²) in [5, 5.41) is 47.2. The van der Waals surface area contributed by atoms with Crippen molar-refractivity contribution in [1.29, 1.82) is 0 Å². The molecule has 0 spiro atoms. The second kappa shape index (κ2) is 22.8. The molecule has 8 nitrogen and oxygen atoms in total. The maximum Gasteiger partial charge on any atom is 4.00 e. The van der Waals surface area contributed by atoms with Gasteiger partial charge >= 0.3 is 21.7 Å². The minimum Gasteiger partial charge on any atom is -0.872 e. The van der Waals surface area contributed by atoms with Crippen LogP contribution in [0.2, 0.25) is 0 Å². The first-order valence-corrected chi connectivity index (χ1v) is 25.0. The van der Waals surface area contributed by atoms with Crippen LogP contribution in [-0.4, -0.2) is 35.3 Å². The van der Waals surface area contributed by atoms with Crippen molar-refractivity contribution in [2.24, 2.45) is 57.2 Å². The van der Waals surface area contributed by atoms with Gasteiger partial charge in [-0.05, 0) is 171 Å². The fourth-order valence-electron chi connectivity index (χ4n) is 14.8. The van der Waals surface area contributed by atoms with Crippen molar-refractivity contribution in [1.82, 2.24) is 0 Å². The minimum atomic E-state index is -0.332. The quantitative estimate of drug-likeness (QED) is 0.167. The van der Waals surface area contributed by atoms with Gasteiger partial charge in [0.25, 0.3) is 0 Å². The summed E-state index contributed by atoms with van der Waals surface area (Å²) in [6, 6.07) is 17.4. The Labute approximate surface area is 426 Å². The van der Waals surface area contributed by atoms with E-state index in [9.17, 15) is 39.6 Å². The first-order valence-electron chi connectivity index (χ1n) is 25.0. The van der Waals surface area contributed by atoms with Gasteiger partial charge in [-0.3, -0.25) is 19.2 Å². The SMILES string of the molecule is CC(=O)/C=C(\[O-])c1ccccc1.CC(=O)/C=C(\[O-])c1ccccc1.C[C@]12CCC(=O)C=C1CC[C@@H]1C2CC[C@@]2(C)C1CC[C@@H]2[O-].C[C@]12CCC(=O)C=C1CC[C@@H]1C2CC[C@@]2(C)C1CC[C@@H]2[O-].Cl.[Ti+4]. The Morgan fingerprint density at radius 1 is 0.515 bits per heavy atom. The summed E-state index contributed by atoms with van der Waals surface area (Å²) in [4.78, 5) is 44.7. The average molecular weight is 982 g/mol. The molecule has 2 aromatic rings. The summed E-state index contributed by atoms with van der Waals surface area (Å²) in [6.45, 7) is 12.1. The van der Waals surface area contributed by atoms with Crippen LogP contribution >= 0.6 is 12.4 Å². The van der Waals surface area contributed by atoms with Crippen molar-refractivity contribution in [3.05, 3.63) is 107 Å². The topological polar surface area (TPSA) is 161 Å². The molecule has 10 heteroatoms. The summed E-state index contributed by atoms with van der Waals surface area (Å²) >= 11 is 0. The Balaban J connectivity index is 0.000000174.